The van der Waals surface area contributed by atoms with Crippen molar-refractivity contribution in [2.45, 2.75) is 18.8 Å². The maximum absolute atomic E-state index is 5.91. The molecule has 76 valence electrons. The minimum absolute atomic E-state index is 0.683. The van der Waals surface area contributed by atoms with Crippen LogP contribution < -0.4 is 5.32 Å². The lowest BCUT2D eigenvalue weighted by molar-refractivity contribution is 0.459. The fourth-order valence-electron chi connectivity index (χ4n) is 1.97. The van der Waals surface area contributed by atoms with E-state index >= 15 is 0 Å². The number of hydrogen-bond acceptors (Lipinski definition) is 1. The van der Waals surface area contributed by atoms with Gasteiger partial charge in [0.25, 0.3) is 0 Å². The van der Waals surface area contributed by atoms with E-state index in [-0.39, 0.29) is 0 Å². The van der Waals surface area contributed by atoms with Crippen molar-refractivity contribution in [3.63, 3.8) is 0 Å². The molecule has 14 heavy (non-hydrogen) atoms. The topological polar surface area (TPSA) is 12.0 Å². The summed E-state index contributed by atoms with van der Waals surface area (Å²) in [6.07, 6.45) is 2.44. The standard InChI is InChI=1S/C11H13BrClN/c12-11-7-9(13)1-2-10(11)8-3-5-14-6-4-8/h1-2,7-8,14H,3-6H2. The summed E-state index contributed by atoms with van der Waals surface area (Å²) < 4.78 is 1.15. The van der Waals surface area contributed by atoms with Gasteiger partial charge in [-0.3, -0.25) is 0 Å². The molecule has 1 aromatic carbocycles. The first-order valence-electron chi connectivity index (χ1n) is 4.93. The molecule has 0 aliphatic carbocycles. The molecule has 1 fully saturated rings. The zero-order valence-electron chi connectivity index (χ0n) is 7.89. The van der Waals surface area contributed by atoms with Crippen LogP contribution in [0.25, 0.3) is 0 Å². The third-order valence-electron chi connectivity index (χ3n) is 2.74. The summed E-state index contributed by atoms with van der Waals surface area (Å²) in [4.78, 5) is 0. The van der Waals surface area contributed by atoms with Gasteiger partial charge in [0, 0.05) is 9.50 Å². The van der Waals surface area contributed by atoms with E-state index in [0.717, 1.165) is 22.6 Å². The normalized spacial score (nSPS) is 18.4. The molecule has 1 saturated heterocycles. The van der Waals surface area contributed by atoms with Crippen LogP contribution in [0.4, 0.5) is 0 Å². The van der Waals surface area contributed by atoms with Crippen LogP contribution in [-0.4, -0.2) is 13.1 Å². The van der Waals surface area contributed by atoms with Crippen molar-refractivity contribution in [1.82, 2.24) is 5.32 Å². The van der Waals surface area contributed by atoms with Crippen molar-refractivity contribution in [2.75, 3.05) is 13.1 Å². The molecule has 3 heteroatoms. The van der Waals surface area contributed by atoms with Crippen LogP contribution in [0.15, 0.2) is 22.7 Å². The van der Waals surface area contributed by atoms with Gasteiger partial charge in [-0.2, -0.15) is 0 Å². The average Bonchev–Trinajstić information content (AvgIpc) is 2.19. The van der Waals surface area contributed by atoms with Gasteiger partial charge >= 0.3 is 0 Å². The molecule has 1 aromatic rings. The molecule has 1 aliphatic rings. The lowest BCUT2D eigenvalue weighted by atomic mass is 9.90. The number of piperidine rings is 1. The third-order valence-corrected chi connectivity index (χ3v) is 3.66. The Morgan fingerprint density at radius 3 is 2.64 bits per heavy atom. The molecule has 0 saturated carbocycles. The van der Waals surface area contributed by atoms with E-state index in [4.69, 9.17) is 11.6 Å². The molecular formula is C11H13BrClN. The molecule has 0 spiro atoms. The number of halogens is 2. The van der Waals surface area contributed by atoms with Crippen LogP contribution in [0, 0.1) is 0 Å². The predicted octanol–water partition coefficient (Wildman–Crippen LogP) is 3.57. The highest BCUT2D eigenvalue weighted by molar-refractivity contribution is 9.10. The van der Waals surface area contributed by atoms with Crippen LogP contribution in [0.1, 0.15) is 24.3 Å². The Kier molecular flexibility index (Phi) is 3.47. The second-order valence-electron chi connectivity index (χ2n) is 3.69. The second-order valence-corrected chi connectivity index (χ2v) is 4.98. The van der Waals surface area contributed by atoms with Crippen molar-refractivity contribution in [2.24, 2.45) is 0 Å². The summed E-state index contributed by atoms with van der Waals surface area (Å²) in [6.45, 7) is 2.25. The van der Waals surface area contributed by atoms with Gasteiger partial charge in [0.05, 0.1) is 0 Å². The summed E-state index contributed by atoms with van der Waals surface area (Å²) in [5.74, 6) is 0.683. The smallest absolute Gasteiger partial charge is 0.0417 e. The maximum Gasteiger partial charge on any atom is 0.0417 e. The first-order chi connectivity index (χ1) is 6.77. The minimum atomic E-state index is 0.683. The molecule has 1 heterocycles. The molecular weight excluding hydrogens is 261 g/mol. The lowest BCUT2D eigenvalue weighted by Gasteiger charge is -2.23. The largest absolute Gasteiger partial charge is 0.317 e. The number of benzene rings is 1. The minimum Gasteiger partial charge on any atom is -0.317 e. The molecule has 0 atom stereocenters. The van der Waals surface area contributed by atoms with Crippen molar-refractivity contribution >= 4 is 27.5 Å². The Bertz CT molecular complexity index is 321. The van der Waals surface area contributed by atoms with Gasteiger partial charge in [-0.15, -0.1) is 0 Å². The Labute approximate surface area is 98.0 Å². The first-order valence-corrected chi connectivity index (χ1v) is 6.10. The Balaban J connectivity index is 2.22. The number of nitrogens with one attached hydrogen (secondary N) is 1. The summed E-state index contributed by atoms with van der Waals surface area (Å²) in [5.41, 5.74) is 1.40. The molecule has 1 N–H and O–H groups in total. The Morgan fingerprint density at radius 2 is 2.00 bits per heavy atom. The Hall–Kier alpha value is -0.0500. The zero-order valence-corrected chi connectivity index (χ0v) is 10.2. The molecule has 1 nitrogen and oxygen atoms in total. The quantitative estimate of drug-likeness (QED) is 0.825. The van der Waals surface area contributed by atoms with E-state index in [0.29, 0.717) is 5.92 Å². The predicted molar refractivity (Wildman–Crippen MR) is 64.0 cm³/mol. The van der Waals surface area contributed by atoms with Crippen LogP contribution in [0.5, 0.6) is 0 Å². The first kappa shape index (κ1) is 10.5. The highest BCUT2D eigenvalue weighted by Crippen LogP contribution is 2.32. The van der Waals surface area contributed by atoms with E-state index in [1.807, 2.05) is 12.1 Å². The van der Waals surface area contributed by atoms with Gasteiger partial charge in [-0.05, 0) is 49.5 Å². The van der Waals surface area contributed by atoms with Crippen molar-refractivity contribution in [3.8, 4) is 0 Å². The van der Waals surface area contributed by atoms with Crippen LogP contribution in [0.3, 0.4) is 0 Å². The summed E-state index contributed by atoms with van der Waals surface area (Å²) in [7, 11) is 0. The number of hydrogen-bond donors (Lipinski definition) is 1. The summed E-state index contributed by atoms with van der Waals surface area (Å²) >= 11 is 9.49. The van der Waals surface area contributed by atoms with Gasteiger partial charge in [-0.1, -0.05) is 33.6 Å². The van der Waals surface area contributed by atoms with Crippen molar-refractivity contribution in [1.29, 1.82) is 0 Å². The van der Waals surface area contributed by atoms with Gasteiger partial charge in [-0.25, -0.2) is 0 Å². The highest BCUT2D eigenvalue weighted by Gasteiger charge is 2.17. The molecule has 0 bridgehead atoms. The lowest BCUT2D eigenvalue weighted by Crippen LogP contribution is -2.26. The number of rotatable bonds is 1. The van der Waals surface area contributed by atoms with Gasteiger partial charge in [0.1, 0.15) is 0 Å². The SMILES string of the molecule is Clc1ccc(C2CCNCC2)c(Br)c1. The van der Waals surface area contributed by atoms with Crippen molar-refractivity contribution < 1.29 is 0 Å². The molecule has 1 aliphatic heterocycles. The van der Waals surface area contributed by atoms with E-state index in [1.54, 1.807) is 0 Å². The van der Waals surface area contributed by atoms with Gasteiger partial charge < -0.3 is 5.32 Å². The molecule has 2 rings (SSSR count). The highest BCUT2D eigenvalue weighted by atomic mass is 79.9. The monoisotopic (exact) mass is 273 g/mol. The van der Waals surface area contributed by atoms with E-state index in [9.17, 15) is 0 Å². The van der Waals surface area contributed by atoms with Crippen LogP contribution >= 0.6 is 27.5 Å². The van der Waals surface area contributed by atoms with E-state index in [2.05, 4.69) is 27.3 Å². The van der Waals surface area contributed by atoms with Crippen molar-refractivity contribution in [3.05, 3.63) is 33.3 Å². The molecule has 0 unspecified atom stereocenters. The second kappa shape index (κ2) is 4.65. The molecule has 0 amide bonds. The summed E-state index contributed by atoms with van der Waals surface area (Å²) in [5, 5.41) is 4.17. The average molecular weight is 275 g/mol. The maximum atomic E-state index is 5.91. The van der Waals surface area contributed by atoms with Gasteiger partial charge in [0.15, 0.2) is 0 Å². The third kappa shape index (κ3) is 2.30. The Morgan fingerprint density at radius 1 is 1.29 bits per heavy atom. The molecule has 0 aromatic heterocycles. The van der Waals surface area contributed by atoms with Gasteiger partial charge in [0.2, 0.25) is 0 Å². The molecule has 0 radical (unpaired) electrons. The van der Waals surface area contributed by atoms with Crippen LogP contribution in [-0.2, 0) is 0 Å². The fraction of sp³-hybridized carbons (Fsp3) is 0.455. The van der Waals surface area contributed by atoms with E-state index in [1.165, 1.54) is 18.4 Å². The fourth-order valence-corrected chi connectivity index (χ4v) is 2.97. The zero-order chi connectivity index (χ0) is 9.97. The van der Waals surface area contributed by atoms with Crippen LogP contribution in [0.2, 0.25) is 5.02 Å². The van der Waals surface area contributed by atoms with E-state index < -0.39 is 0 Å². The summed E-state index contributed by atoms with van der Waals surface area (Å²) in [6, 6.07) is 6.10.